The third kappa shape index (κ3) is 11.1. The van der Waals surface area contributed by atoms with E-state index in [1.807, 2.05) is 37.3 Å². The summed E-state index contributed by atoms with van der Waals surface area (Å²) in [5.74, 6) is -3.41. The lowest BCUT2D eigenvalue weighted by Gasteiger charge is -2.23. The highest BCUT2D eigenvalue weighted by molar-refractivity contribution is 6.31. The van der Waals surface area contributed by atoms with E-state index in [1.54, 1.807) is 0 Å². The summed E-state index contributed by atoms with van der Waals surface area (Å²) in [6.45, 7) is 1.59. The maximum absolute atomic E-state index is 12.9. The zero-order valence-corrected chi connectivity index (χ0v) is 24.8. The lowest BCUT2D eigenvalue weighted by molar-refractivity contribution is -0.172. The van der Waals surface area contributed by atoms with Crippen molar-refractivity contribution < 1.29 is 34.1 Å². The zero-order valence-electron chi connectivity index (χ0n) is 24.0. The number of benzene rings is 3. The lowest BCUT2D eigenvalue weighted by atomic mass is 10.0. The van der Waals surface area contributed by atoms with E-state index in [1.165, 1.54) is 16.3 Å². The number of halogens is 1. The summed E-state index contributed by atoms with van der Waals surface area (Å²) >= 11 is 6.19. The summed E-state index contributed by atoms with van der Waals surface area (Å²) < 4.78 is 10.7. The van der Waals surface area contributed by atoms with Crippen LogP contribution in [0.2, 0.25) is 5.02 Å². The van der Waals surface area contributed by atoms with Gasteiger partial charge >= 0.3 is 11.9 Å². The van der Waals surface area contributed by atoms with Crippen molar-refractivity contribution in [3.8, 4) is 0 Å². The second kappa shape index (κ2) is 17.5. The van der Waals surface area contributed by atoms with E-state index in [-0.39, 0.29) is 6.61 Å². The van der Waals surface area contributed by atoms with Gasteiger partial charge in [-0.1, -0.05) is 79.0 Å². The summed E-state index contributed by atoms with van der Waals surface area (Å²) in [4.78, 5) is 35.8. The van der Waals surface area contributed by atoms with Crippen LogP contribution in [-0.4, -0.2) is 60.0 Å². The largest absolute Gasteiger partial charge is 0.480 e. The normalized spacial score (nSPS) is 12.6. The summed E-state index contributed by atoms with van der Waals surface area (Å²) in [6.07, 6.45) is 3.37. The fourth-order valence-corrected chi connectivity index (χ4v) is 4.90. The fourth-order valence-electron chi connectivity index (χ4n) is 4.70. The molecular weight excluding hydrogens is 558 g/mol. The van der Waals surface area contributed by atoms with E-state index in [0.29, 0.717) is 19.4 Å². The molecule has 3 N–H and O–H groups in total. The molecule has 0 fully saturated rings. The minimum Gasteiger partial charge on any atom is -0.480 e. The topological polar surface area (TPSA) is 122 Å². The smallest absolute Gasteiger partial charge is 0.336 e. The summed E-state index contributed by atoms with van der Waals surface area (Å²) in [5.41, 5.74) is 3.42. The molecule has 8 nitrogen and oxygen atoms in total. The number of carboxylic acids is 2. The quantitative estimate of drug-likeness (QED) is 0.145. The van der Waals surface area contributed by atoms with Crippen LogP contribution in [0.25, 0.3) is 10.8 Å². The Morgan fingerprint density at radius 2 is 1.45 bits per heavy atom. The van der Waals surface area contributed by atoms with Gasteiger partial charge in [0.15, 0.2) is 12.2 Å². The number of hydrogen-bond donors (Lipinski definition) is 3. The molecule has 0 saturated heterocycles. The average Bonchev–Trinajstić information content (AvgIpc) is 2.96. The second-order valence-electron chi connectivity index (χ2n) is 10.4. The van der Waals surface area contributed by atoms with Gasteiger partial charge < -0.3 is 25.0 Å². The van der Waals surface area contributed by atoms with Crippen LogP contribution in [0, 0.1) is 6.92 Å². The Morgan fingerprint density at radius 3 is 2.14 bits per heavy atom. The molecule has 226 valence electrons. The molecule has 0 bridgehead atoms. The number of aliphatic carboxylic acids is 2. The molecule has 42 heavy (non-hydrogen) atoms. The number of rotatable bonds is 19. The van der Waals surface area contributed by atoms with Crippen LogP contribution in [0.5, 0.6) is 0 Å². The third-order valence-electron chi connectivity index (χ3n) is 7.06. The van der Waals surface area contributed by atoms with E-state index in [2.05, 4.69) is 35.6 Å². The molecule has 0 aromatic heterocycles. The molecule has 9 heteroatoms. The molecule has 1 amide bonds. The molecule has 3 aromatic carbocycles. The van der Waals surface area contributed by atoms with E-state index in [4.69, 9.17) is 26.2 Å². The van der Waals surface area contributed by atoms with Gasteiger partial charge in [-0.05, 0) is 79.0 Å². The number of amides is 1. The van der Waals surface area contributed by atoms with Crippen molar-refractivity contribution in [3.05, 3.63) is 82.4 Å². The van der Waals surface area contributed by atoms with Gasteiger partial charge in [0.2, 0.25) is 0 Å². The highest BCUT2D eigenvalue weighted by Gasteiger charge is 2.36. The average molecular weight is 598 g/mol. The zero-order chi connectivity index (χ0) is 30.3. The van der Waals surface area contributed by atoms with Gasteiger partial charge in [0, 0.05) is 18.2 Å². The summed E-state index contributed by atoms with van der Waals surface area (Å²) in [6, 6.07) is 20.7. The van der Waals surface area contributed by atoms with E-state index >= 15 is 0 Å². The van der Waals surface area contributed by atoms with Crippen LogP contribution in [0.3, 0.4) is 0 Å². The van der Waals surface area contributed by atoms with Crippen LogP contribution < -0.4 is 5.32 Å². The van der Waals surface area contributed by atoms with Crippen LogP contribution in [-0.2, 0) is 36.7 Å². The number of fused-ring (bicyclic) bond motifs is 1. The first-order chi connectivity index (χ1) is 20.2. The Balaban J connectivity index is 1.43. The third-order valence-corrected chi connectivity index (χ3v) is 7.47. The minimum absolute atomic E-state index is 0.138. The molecule has 0 aliphatic carbocycles. The molecule has 3 aromatic rings. The first-order valence-electron chi connectivity index (χ1n) is 14.4. The molecule has 2 unspecified atom stereocenters. The van der Waals surface area contributed by atoms with E-state index in [0.717, 1.165) is 54.7 Å². The van der Waals surface area contributed by atoms with Crippen molar-refractivity contribution in [3.63, 3.8) is 0 Å². The van der Waals surface area contributed by atoms with Gasteiger partial charge in [0.1, 0.15) is 6.61 Å². The van der Waals surface area contributed by atoms with Gasteiger partial charge in [0.25, 0.3) is 5.91 Å². The molecule has 0 aliphatic rings. The number of carbonyl (C=O) groups excluding carboxylic acids is 1. The first kappa shape index (κ1) is 33.0. The Morgan fingerprint density at radius 1 is 0.786 bits per heavy atom. The Kier molecular flexibility index (Phi) is 13.8. The first-order valence-corrected chi connectivity index (χ1v) is 14.8. The number of carbonyl (C=O) groups is 3. The standard InChI is InChI=1S/C33H40ClNO7/c1-23-14-15-25(21-28(23)34)11-5-3-9-19-41-30(31(33(39)40)42-22-29(36)37)32(38)35-18-8-2-4-10-24-16-17-26-12-6-7-13-27(26)20-24/h6-7,12-17,20-21,30-31H,2-5,8-11,18-19,22H2,1H3,(H,35,38)(H,36,37)(H,39,40). The Hall–Kier alpha value is -3.46. The highest BCUT2D eigenvalue weighted by Crippen LogP contribution is 2.19. The number of ether oxygens (including phenoxy) is 2. The minimum atomic E-state index is -1.73. The predicted molar refractivity (Wildman–Crippen MR) is 163 cm³/mol. The number of nitrogens with one attached hydrogen (secondary N) is 1. The van der Waals surface area contributed by atoms with E-state index < -0.39 is 36.7 Å². The van der Waals surface area contributed by atoms with E-state index in [9.17, 15) is 19.5 Å². The van der Waals surface area contributed by atoms with Crippen LogP contribution >= 0.6 is 11.6 Å². The maximum atomic E-state index is 12.9. The molecule has 0 radical (unpaired) electrons. The number of hydrogen-bond acceptors (Lipinski definition) is 5. The van der Waals surface area contributed by atoms with Crippen molar-refractivity contribution in [1.29, 1.82) is 0 Å². The predicted octanol–water partition coefficient (Wildman–Crippen LogP) is 5.98. The van der Waals surface area contributed by atoms with Crippen LogP contribution in [0.4, 0.5) is 0 Å². The van der Waals surface area contributed by atoms with Crippen LogP contribution in [0.15, 0.2) is 60.7 Å². The Labute approximate surface area is 252 Å². The fraction of sp³-hybridized carbons (Fsp3) is 0.424. The number of unbranched alkanes of at least 4 members (excludes halogenated alkanes) is 4. The molecule has 2 atom stereocenters. The van der Waals surface area contributed by atoms with Crippen molar-refractivity contribution >= 4 is 40.2 Å². The maximum Gasteiger partial charge on any atom is 0.336 e. The summed E-state index contributed by atoms with van der Waals surface area (Å²) in [7, 11) is 0. The van der Waals surface area contributed by atoms with Gasteiger partial charge in [-0.15, -0.1) is 0 Å². The summed E-state index contributed by atoms with van der Waals surface area (Å²) in [5, 5.41) is 24.5. The lowest BCUT2D eigenvalue weighted by Crippen LogP contribution is -2.49. The number of carboxylic acid groups (broad SMARTS) is 2. The molecule has 0 aliphatic heterocycles. The van der Waals surface area contributed by atoms with Gasteiger partial charge in [0.05, 0.1) is 0 Å². The molecular formula is C33H40ClNO7. The SMILES string of the molecule is Cc1ccc(CCCCCOC(C(=O)NCCCCCc2ccc3ccccc3c2)C(OCC(=O)O)C(=O)O)cc1Cl. The second-order valence-corrected chi connectivity index (χ2v) is 10.8. The van der Waals surface area contributed by atoms with Crippen molar-refractivity contribution in [2.45, 2.75) is 70.5 Å². The molecule has 0 spiro atoms. The van der Waals surface area contributed by atoms with Gasteiger partial charge in [-0.2, -0.15) is 0 Å². The highest BCUT2D eigenvalue weighted by atomic mass is 35.5. The molecule has 0 heterocycles. The number of aryl methyl sites for hydroxylation is 3. The van der Waals surface area contributed by atoms with Crippen molar-refractivity contribution in [1.82, 2.24) is 5.32 Å². The van der Waals surface area contributed by atoms with Crippen LogP contribution in [0.1, 0.15) is 55.2 Å². The van der Waals surface area contributed by atoms with Gasteiger partial charge in [-0.3, -0.25) is 4.79 Å². The monoisotopic (exact) mass is 597 g/mol. The Bertz CT molecular complexity index is 1330. The molecule has 3 rings (SSSR count). The van der Waals surface area contributed by atoms with Gasteiger partial charge in [-0.25, -0.2) is 9.59 Å². The molecule has 0 saturated carbocycles. The van der Waals surface area contributed by atoms with Crippen molar-refractivity contribution in [2.24, 2.45) is 0 Å². The van der Waals surface area contributed by atoms with Crippen molar-refractivity contribution in [2.75, 3.05) is 19.8 Å².